The molecule has 0 saturated heterocycles. The molecule has 0 amide bonds. The SMILES string of the molecule is CC(Cc1cccnc1)Nc1nc(C#N)c(Cl)s1. The van der Waals surface area contributed by atoms with E-state index in [0.29, 0.717) is 9.47 Å². The van der Waals surface area contributed by atoms with Crippen LogP contribution in [0.3, 0.4) is 0 Å². The van der Waals surface area contributed by atoms with E-state index in [0.717, 1.165) is 12.0 Å². The first kappa shape index (κ1) is 12.8. The van der Waals surface area contributed by atoms with E-state index in [1.165, 1.54) is 11.3 Å². The number of halogens is 1. The molecule has 0 aliphatic rings. The quantitative estimate of drug-likeness (QED) is 0.933. The highest BCUT2D eigenvalue weighted by molar-refractivity contribution is 7.19. The van der Waals surface area contributed by atoms with Gasteiger partial charge in [-0.25, -0.2) is 4.98 Å². The molecule has 0 radical (unpaired) electrons. The summed E-state index contributed by atoms with van der Waals surface area (Å²) < 4.78 is 0.425. The highest BCUT2D eigenvalue weighted by Crippen LogP contribution is 2.27. The van der Waals surface area contributed by atoms with Crippen molar-refractivity contribution in [3.05, 3.63) is 40.1 Å². The van der Waals surface area contributed by atoms with Crippen molar-refractivity contribution in [2.75, 3.05) is 5.32 Å². The van der Waals surface area contributed by atoms with Crippen LogP contribution < -0.4 is 5.32 Å². The number of anilines is 1. The summed E-state index contributed by atoms with van der Waals surface area (Å²) in [4.78, 5) is 8.18. The van der Waals surface area contributed by atoms with Crippen molar-refractivity contribution >= 4 is 28.1 Å². The normalized spacial score (nSPS) is 11.8. The topological polar surface area (TPSA) is 61.6 Å². The maximum atomic E-state index is 8.77. The molecule has 1 N–H and O–H groups in total. The van der Waals surface area contributed by atoms with Crippen molar-refractivity contribution in [2.45, 2.75) is 19.4 Å². The molecule has 92 valence electrons. The molecule has 0 saturated carbocycles. The van der Waals surface area contributed by atoms with E-state index in [1.54, 1.807) is 6.20 Å². The summed E-state index contributed by atoms with van der Waals surface area (Å²) in [5.41, 5.74) is 1.43. The molecule has 0 aliphatic heterocycles. The van der Waals surface area contributed by atoms with E-state index >= 15 is 0 Å². The first-order valence-corrected chi connectivity index (χ1v) is 6.60. The smallest absolute Gasteiger partial charge is 0.185 e. The van der Waals surface area contributed by atoms with E-state index < -0.39 is 0 Å². The van der Waals surface area contributed by atoms with Gasteiger partial charge in [0.1, 0.15) is 10.4 Å². The second-order valence-corrected chi connectivity index (χ2v) is 5.47. The van der Waals surface area contributed by atoms with Gasteiger partial charge in [-0.3, -0.25) is 4.98 Å². The Labute approximate surface area is 114 Å². The van der Waals surface area contributed by atoms with Gasteiger partial charge in [-0.05, 0) is 25.0 Å². The summed E-state index contributed by atoms with van der Waals surface area (Å²) in [5, 5.41) is 12.7. The number of rotatable bonds is 4. The summed E-state index contributed by atoms with van der Waals surface area (Å²) in [7, 11) is 0. The molecule has 0 aliphatic carbocycles. The Morgan fingerprint density at radius 1 is 1.61 bits per heavy atom. The van der Waals surface area contributed by atoms with E-state index in [-0.39, 0.29) is 11.7 Å². The number of nitriles is 1. The van der Waals surface area contributed by atoms with Gasteiger partial charge in [-0.2, -0.15) is 5.26 Å². The molecule has 2 rings (SSSR count). The Morgan fingerprint density at radius 2 is 2.44 bits per heavy atom. The van der Waals surface area contributed by atoms with Gasteiger partial charge < -0.3 is 5.32 Å². The minimum absolute atomic E-state index is 0.197. The van der Waals surface area contributed by atoms with Gasteiger partial charge in [0.25, 0.3) is 0 Å². The van der Waals surface area contributed by atoms with Crippen molar-refractivity contribution < 1.29 is 0 Å². The monoisotopic (exact) mass is 278 g/mol. The Hall–Kier alpha value is -1.64. The Morgan fingerprint density at radius 3 is 3.06 bits per heavy atom. The summed E-state index contributed by atoms with van der Waals surface area (Å²) in [6, 6.07) is 6.09. The van der Waals surface area contributed by atoms with Crippen molar-refractivity contribution in [1.82, 2.24) is 9.97 Å². The predicted molar refractivity (Wildman–Crippen MR) is 72.9 cm³/mol. The van der Waals surface area contributed by atoms with Crippen LogP contribution in [0.25, 0.3) is 0 Å². The van der Waals surface area contributed by atoms with Crippen LogP contribution in [-0.4, -0.2) is 16.0 Å². The van der Waals surface area contributed by atoms with Crippen LogP contribution in [0, 0.1) is 11.3 Å². The third kappa shape index (κ3) is 3.19. The third-order valence-electron chi connectivity index (χ3n) is 2.33. The number of nitrogens with one attached hydrogen (secondary N) is 1. The van der Waals surface area contributed by atoms with Gasteiger partial charge in [0.15, 0.2) is 10.8 Å². The van der Waals surface area contributed by atoms with Crippen molar-refractivity contribution in [2.24, 2.45) is 0 Å². The van der Waals surface area contributed by atoms with E-state index in [9.17, 15) is 0 Å². The van der Waals surface area contributed by atoms with E-state index in [2.05, 4.69) is 15.3 Å². The molecule has 18 heavy (non-hydrogen) atoms. The first-order valence-electron chi connectivity index (χ1n) is 5.41. The largest absolute Gasteiger partial charge is 0.359 e. The molecule has 1 unspecified atom stereocenters. The lowest BCUT2D eigenvalue weighted by molar-refractivity contribution is 0.785. The van der Waals surface area contributed by atoms with E-state index in [1.807, 2.05) is 31.3 Å². The average molecular weight is 279 g/mol. The van der Waals surface area contributed by atoms with Crippen molar-refractivity contribution in [3.63, 3.8) is 0 Å². The number of hydrogen-bond donors (Lipinski definition) is 1. The van der Waals surface area contributed by atoms with Gasteiger partial charge in [0, 0.05) is 18.4 Å². The second-order valence-electron chi connectivity index (χ2n) is 3.86. The molecule has 0 aromatic carbocycles. The van der Waals surface area contributed by atoms with Crippen LogP contribution in [0.4, 0.5) is 5.13 Å². The first-order chi connectivity index (χ1) is 8.69. The lowest BCUT2D eigenvalue weighted by atomic mass is 10.1. The van der Waals surface area contributed by atoms with Gasteiger partial charge in [0.05, 0.1) is 0 Å². The molecule has 4 nitrogen and oxygen atoms in total. The van der Waals surface area contributed by atoms with E-state index in [4.69, 9.17) is 16.9 Å². The molecule has 0 fully saturated rings. The molecule has 0 bridgehead atoms. The lowest BCUT2D eigenvalue weighted by Crippen LogP contribution is -2.17. The number of nitrogens with zero attached hydrogens (tertiary/aromatic N) is 3. The highest BCUT2D eigenvalue weighted by atomic mass is 35.5. The van der Waals surface area contributed by atoms with Gasteiger partial charge in [-0.1, -0.05) is 29.0 Å². The lowest BCUT2D eigenvalue weighted by Gasteiger charge is -2.12. The van der Waals surface area contributed by atoms with Gasteiger partial charge >= 0.3 is 0 Å². The Bertz CT molecular complexity index is 561. The van der Waals surface area contributed by atoms with Crippen molar-refractivity contribution in [3.8, 4) is 6.07 Å². The summed E-state index contributed by atoms with van der Waals surface area (Å²) in [5.74, 6) is 0. The molecular weight excluding hydrogens is 268 g/mol. The number of thiazole rings is 1. The predicted octanol–water partition coefficient (Wildman–Crippen LogP) is 3.11. The molecule has 6 heteroatoms. The molecule has 0 spiro atoms. The maximum Gasteiger partial charge on any atom is 0.185 e. The fraction of sp³-hybridized carbons (Fsp3) is 0.250. The van der Waals surface area contributed by atoms with Crippen LogP contribution in [0.5, 0.6) is 0 Å². The minimum Gasteiger partial charge on any atom is -0.359 e. The van der Waals surface area contributed by atoms with Gasteiger partial charge in [-0.15, -0.1) is 0 Å². The summed E-state index contributed by atoms with van der Waals surface area (Å²) in [6.45, 7) is 2.05. The molecule has 2 heterocycles. The summed E-state index contributed by atoms with van der Waals surface area (Å²) >= 11 is 7.16. The van der Waals surface area contributed by atoms with Crippen LogP contribution >= 0.6 is 22.9 Å². The number of hydrogen-bond acceptors (Lipinski definition) is 5. The summed E-state index contributed by atoms with van der Waals surface area (Å²) in [6.07, 6.45) is 4.43. The van der Waals surface area contributed by atoms with Crippen molar-refractivity contribution in [1.29, 1.82) is 5.26 Å². The number of aromatic nitrogens is 2. The minimum atomic E-state index is 0.197. The molecular formula is C12H11ClN4S. The molecule has 2 aromatic rings. The molecule has 1 atom stereocenters. The van der Waals surface area contributed by atoms with Crippen LogP contribution in [0.2, 0.25) is 4.34 Å². The zero-order valence-electron chi connectivity index (χ0n) is 9.72. The Kier molecular flexibility index (Phi) is 4.13. The zero-order chi connectivity index (χ0) is 13.0. The molecule has 2 aromatic heterocycles. The Balaban J connectivity index is 1.99. The van der Waals surface area contributed by atoms with Gasteiger partial charge in [0.2, 0.25) is 0 Å². The third-order valence-corrected chi connectivity index (χ3v) is 3.51. The second kappa shape index (κ2) is 5.80. The fourth-order valence-corrected chi connectivity index (χ4v) is 2.62. The number of pyridine rings is 1. The average Bonchev–Trinajstić information content (AvgIpc) is 2.70. The fourth-order valence-electron chi connectivity index (χ4n) is 1.57. The van der Waals surface area contributed by atoms with Crippen LogP contribution in [0.1, 0.15) is 18.2 Å². The maximum absolute atomic E-state index is 8.77. The van der Waals surface area contributed by atoms with Crippen LogP contribution in [0.15, 0.2) is 24.5 Å². The van der Waals surface area contributed by atoms with Crippen LogP contribution in [-0.2, 0) is 6.42 Å². The standard InChI is InChI=1S/C12H11ClN4S/c1-8(5-9-3-2-4-15-7-9)16-12-17-10(6-14)11(13)18-12/h2-4,7-8H,5H2,1H3,(H,16,17). The highest BCUT2D eigenvalue weighted by Gasteiger charge is 2.11. The zero-order valence-corrected chi connectivity index (χ0v) is 11.3.